The first-order valence-corrected chi connectivity index (χ1v) is 16.7. The number of hydrogen-bond donors (Lipinski definition) is 3. The average Bonchev–Trinajstić information content (AvgIpc) is 3.38. The van der Waals surface area contributed by atoms with Crippen LogP contribution in [0.4, 0.5) is 18.0 Å². The zero-order valence-electron chi connectivity index (χ0n) is 26.4. The molecule has 4 atom stereocenters. The summed E-state index contributed by atoms with van der Waals surface area (Å²) in [4.78, 5) is 65.7. The number of likely N-dealkylation sites (tertiary alicyclic amines) is 1. The summed E-state index contributed by atoms with van der Waals surface area (Å²) in [6.45, 7) is 7.50. The summed E-state index contributed by atoms with van der Waals surface area (Å²) in [5, 5.41) is 5.10. The number of halogens is 4. The number of Topliss-reactive ketones (excluding diaryl/α,β-unsaturated/α-hetero) is 1. The van der Waals surface area contributed by atoms with E-state index in [1.54, 1.807) is 20.8 Å². The van der Waals surface area contributed by atoms with Gasteiger partial charge in [0.2, 0.25) is 0 Å². The van der Waals surface area contributed by atoms with Crippen molar-refractivity contribution in [2.75, 3.05) is 6.54 Å². The van der Waals surface area contributed by atoms with E-state index in [1.165, 1.54) is 62.4 Å². The van der Waals surface area contributed by atoms with E-state index in [0.29, 0.717) is 17.9 Å². The molecule has 11 nitrogen and oxygen atoms in total. The number of quaternary nitrogens is 1. The topological polar surface area (TPSA) is 156 Å². The molecule has 256 valence electrons. The van der Waals surface area contributed by atoms with Crippen LogP contribution in [-0.2, 0) is 19.6 Å². The standard InChI is InChI=1S/C31H36ClF3N4O7S/c1-17(2)24(26(40)31(33,34)35)37-30(44)39(16-6-7-19(39)5)29(43)25(18(3)4)36-27(41)20-8-10-21(11-9-20)28(42)38-47(45,46)23-14-12-22(32)13-15-23/h8-15,17-19,24-25H,6-7,16H2,1-5H3,(H2-,36,37,38,41,42,44)/p+1/t19-,24?,25+,39?/m1/s1. The van der Waals surface area contributed by atoms with E-state index in [1.807, 2.05) is 4.72 Å². The highest BCUT2D eigenvalue weighted by Gasteiger charge is 2.57. The van der Waals surface area contributed by atoms with E-state index in [4.69, 9.17) is 11.6 Å². The third-order valence-corrected chi connectivity index (χ3v) is 9.73. The third kappa shape index (κ3) is 8.37. The Morgan fingerprint density at radius 2 is 1.34 bits per heavy atom. The van der Waals surface area contributed by atoms with E-state index in [-0.39, 0.29) is 22.6 Å². The van der Waals surface area contributed by atoms with Crippen molar-refractivity contribution in [1.29, 1.82) is 0 Å². The third-order valence-electron chi connectivity index (χ3n) is 8.13. The molecule has 1 aliphatic heterocycles. The van der Waals surface area contributed by atoms with Gasteiger partial charge in [0.1, 0.15) is 18.1 Å². The maximum atomic E-state index is 14.1. The van der Waals surface area contributed by atoms with Gasteiger partial charge in [-0.2, -0.15) is 17.7 Å². The number of benzene rings is 2. The van der Waals surface area contributed by atoms with Crippen LogP contribution in [0.2, 0.25) is 5.02 Å². The molecule has 1 heterocycles. The second-order valence-corrected chi connectivity index (χ2v) is 14.2. The fraction of sp³-hybridized carbons (Fsp3) is 0.452. The molecule has 2 unspecified atom stereocenters. The lowest BCUT2D eigenvalue weighted by molar-refractivity contribution is -0.786. The molecule has 2 aromatic carbocycles. The first kappa shape index (κ1) is 37.6. The summed E-state index contributed by atoms with van der Waals surface area (Å²) in [5.74, 6) is -6.10. The Bertz CT molecular complexity index is 1630. The number of imide groups is 1. The van der Waals surface area contributed by atoms with E-state index in [2.05, 4.69) is 10.6 Å². The molecule has 47 heavy (non-hydrogen) atoms. The van der Waals surface area contributed by atoms with Crippen LogP contribution < -0.4 is 15.4 Å². The molecule has 0 spiro atoms. The fourth-order valence-corrected chi connectivity index (χ4v) is 6.48. The van der Waals surface area contributed by atoms with Gasteiger partial charge in [-0.1, -0.05) is 39.3 Å². The van der Waals surface area contributed by atoms with E-state index < -0.39 is 80.2 Å². The summed E-state index contributed by atoms with van der Waals surface area (Å²) in [6, 6.07) is 5.16. The Morgan fingerprint density at radius 3 is 1.79 bits per heavy atom. The summed E-state index contributed by atoms with van der Waals surface area (Å²) < 4.78 is 66.1. The van der Waals surface area contributed by atoms with Gasteiger partial charge in [-0.3, -0.25) is 19.7 Å². The maximum absolute atomic E-state index is 14.1. The number of alkyl halides is 3. The van der Waals surface area contributed by atoms with E-state index in [9.17, 15) is 45.6 Å². The minimum absolute atomic E-state index is 0.00155. The van der Waals surface area contributed by atoms with Gasteiger partial charge in [0.15, 0.2) is 0 Å². The average molecular weight is 702 g/mol. The van der Waals surface area contributed by atoms with Gasteiger partial charge in [0, 0.05) is 29.0 Å². The molecule has 1 saturated heterocycles. The van der Waals surface area contributed by atoms with Crippen molar-refractivity contribution in [3.63, 3.8) is 0 Å². The number of rotatable bonds is 10. The maximum Gasteiger partial charge on any atom is 0.452 e. The van der Waals surface area contributed by atoms with Crippen molar-refractivity contribution >= 4 is 51.2 Å². The molecule has 2 aromatic rings. The first-order chi connectivity index (χ1) is 21.7. The van der Waals surface area contributed by atoms with Gasteiger partial charge in [0.05, 0.1) is 11.4 Å². The number of carbonyl (C=O) groups is 5. The number of carbonyl (C=O) groups excluding carboxylic acids is 5. The molecule has 3 rings (SSSR count). The molecule has 0 saturated carbocycles. The van der Waals surface area contributed by atoms with Gasteiger partial charge in [-0.25, -0.2) is 22.7 Å². The Balaban J connectivity index is 1.81. The molecule has 0 aromatic heterocycles. The number of urea groups is 1. The van der Waals surface area contributed by atoms with Crippen molar-refractivity contribution in [3.05, 3.63) is 64.7 Å². The lowest BCUT2D eigenvalue weighted by Crippen LogP contribution is -2.70. The van der Waals surface area contributed by atoms with E-state index in [0.717, 1.165) is 0 Å². The lowest BCUT2D eigenvalue weighted by atomic mass is 9.98. The molecule has 5 amide bonds. The van der Waals surface area contributed by atoms with Gasteiger partial charge in [0.25, 0.3) is 27.6 Å². The predicted octanol–water partition coefficient (Wildman–Crippen LogP) is 4.60. The Kier molecular flexibility index (Phi) is 11.6. The highest BCUT2D eigenvalue weighted by Crippen LogP contribution is 2.31. The molecular formula is C31H37ClF3N4O7S+. The van der Waals surface area contributed by atoms with Crippen LogP contribution in [-0.4, -0.2) is 73.3 Å². The van der Waals surface area contributed by atoms with Crippen molar-refractivity contribution in [1.82, 2.24) is 15.4 Å². The van der Waals surface area contributed by atoms with Gasteiger partial charge < -0.3 is 5.32 Å². The predicted molar refractivity (Wildman–Crippen MR) is 166 cm³/mol. The zero-order valence-corrected chi connectivity index (χ0v) is 27.9. The number of amides is 5. The van der Waals surface area contributed by atoms with Crippen molar-refractivity contribution in [2.24, 2.45) is 11.8 Å². The summed E-state index contributed by atoms with van der Waals surface area (Å²) in [6.07, 6.45) is -4.41. The van der Waals surface area contributed by atoms with Crippen LogP contribution in [0.1, 0.15) is 68.2 Å². The number of ketones is 1. The second-order valence-electron chi connectivity index (χ2n) is 12.1. The molecule has 1 aliphatic rings. The molecule has 0 bridgehead atoms. The highest BCUT2D eigenvalue weighted by molar-refractivity contribution is 7.90. The van der Waals surface area contributed by atoms with Crippen LogP contribution in [0.3, 0.4) is 0 Å². The Hall–Kier alpha value is -3.82. The molecular weight excluding hydrogens is 665 g/mol. The summed E-state index contributed by atoms with van der Waals surface area (Å²) >= 11 is 5.78. The van der Waals surface area contributed by atoms with Crippen molar-refractivity contribution in [3.8, 4) is 0 Å². The molecule has 0 radical (unpaired) electrons. The van der Waals surface area contributed by atoms with Gasteiger partial charge in [-0.15, -0.1) is 0 Å². The van der Waals surface area contributed by atoms with Crippen LogP contribution in [0.25, 0.3) is 0 Å². The van der Waals surface area contributed by atoms with Crippen LogP contribution in [0, 0.1) is 11.8 Å². The van der Waals surface area contributed by atoms with Crippen molar-refractivity contribution < 1.29 is 50.0 Å². The number of hydrogen-bond acceptors (Lipinski definition) is 7. The minimum atomic E-state index is -5.21. The minimum Gasteiger partial charge on any atom is -0.336 e. The summed E-state index contributed by atoms with van der Waals surface area (Å²) in [5.41, 5.74) is -0.0857. The Morgan fingerprint density at radius 1 is 0.830 bits per heavy atom. The van der Waals surface area contributed by atoms with Crippen LogP contribution in [0.5, 0.6) is 0 Å². The SMILES string of the molecule is CC(C)C(NC(=O)[N+]1(C(=O)[C@@H](NC(=O)c2ccc(C(=O)NS(=O)(=O)c3ccc(Cl)cc3)cc2)C(C)C)CCC[C@H]1C)C(=O)C(F)(F)F. The lowest BCUT2D eigenvalue weighted by Gasteiger charge is -2.37. The quantitative estimate of drug-likeness (QED) is 0.306. The Labute approximate surface area is 275 Å². The monoisotopic (exact) mass is 701 g/mol. The smallest absolute Gasteiger partial charge is 0.336 e. The molecule has 16 heteroatoms. The molecule has 1 fully saturated rings. The summed E-state index contributed by atoms with van der Waals surface area (Å²) in [7, 11) is -4.22. The zero-order chi connectivity index (χ0) is 35.5. The van der Waals surface area contributed by atoms with Gasteiger partial charge >= 0.3 is 18.1 Å². The fourth-order valence-electron chi connectivity index (χ4n) is 5.38. The van der Waals surface area contributed by atoms with E-state index >= 15 is 0 Å². The molecule has 3 N–H and O–H groups in total. The van der Waals surface area contributed by atoms with Crippen LogP contribution in [0.15, 0.2) is 53.4 Å². The second kappa shape index (κ2) is 14.5. The number of sulfonamides is 1. The number of nitrogens with zero attached hydrogens (tertiary/aromatic N) is 1. The largest absolute Gasteiger partial charge is 0.452 e. The van der Waals surface area contributed by atoms with Gasteiger partial charge in [-0.05, 0) is 67.3 Å². The normalized spacial score (nSPS) is 19.6. The van der Waals surface area contributed by atoms with Crippen LogP contribution >= 0.6 is 11.6 Å². The first-order valence-electron chi connectivity index (χ1n) is 14.8. The number of nitrogens with one attached hydrogen (secondary N) is 3. The van der Waals surface area contributed by atoms with Crippen molar-refractivity contribution in [2.45, 2.75) is 76.7 Å². The molecule has 0 aliphatic carbocycles. The highest BCUT2D eigenvalue weighted by atomic mass is 35.5.